The lowest BCUT2D eigenvalue weighted by molar-refractivity contribution is 0.00482. The summed E-state index contributed by atoms with van der Waals surface area (Å²) in [5, 5.41) is 0. The lowest BCUT2D eigenvalue weighted by Gasteiger charge is -2.17. The Bertz CT molecular complexity index is 1240. The normalized spacial score (nSPS) is 15.4. The second-order valence-corrected chi connectivity index (χ2v) is 8.63. The summed E-state index contributed by atoms with van der Waals surface area (Å²) < 4.78 is 47.6. The molecule has 0 unspecified atom stereocenters. The molecule has 8 heteroatoms. The van der Waals surface area contributed by atoms with Gasteiger partial charge in [0, 0.05) is 0 Å². The van der Waals surface area contributed by atoms with Gasteiger partial charge < -0.3 is 37.9 Å². The van der Waals surface area contributed by atoms with E-state index in [2.05, 4.69) is 0 Å². The monoisotopic (exact) mass is 544 g/mol. The fourth-order valence-corrected chi connectivity index (χ4v) is 3.86. The molecular formula is C32H32O8. The van der Waals surface area contributed by atoms with E-state index in [0.29, 0.717) is 98.9 Å². The second-order valence-electron chi connectivity index (χ2n) is 8.63. The van der Waals surface area contributed by atoms with Crippen molar-refractivity contribution in [1.82, 2.24) is 0 Å². The van der Waals surface area contributed by atoms with Gasteiger partial charge in [0.1, 0.15) is 13.2 Å². The smallest absolute Gasteiger partial charge is 0.170 e. The molecule has 0 saturated carbocycles. The van der Waals surface area contributed by atoms with E-state index in [1.54, 1.807) is 0 Å². The number of fused-ring (bicyclic) bond motifs is 4. The molecule has 0 saturated heterocycles. The highest BCUT2D eigenvalue weighted by Crippen LogP contribution is 2.42. The van der Waals surface area contributed by atoms with Crippen LogP contribution in [0.2, 0.25) is 0 Å². The molecular weight excluding hydrogens is 512 g/mol. The fraction of sp³-hybridized carbons (Fsp3) is 0.250. The molecule has 208 valence electrons. The van der Waals surface area contributed by atoms with Crippen LogP contribution in [0, 0.1) is 0 Å². The maximum atomic E-state index is 6.33. The Kier molecular flexibility index (Phi) is 10.1. The zero-order valence-corrected chi connectivity index (χ0v) is 22.2. The van der Waals surface area contributed by atoms with Gasteiger partial charge in [0.25, 0.3) is 0 Å². The summed E-state index contributed by atoms with van der Waals surface area (Å²) in [6, 6.07) is 29.9. The molecule has 0 aromatic heterocycles. The van der Waals surface area contributed by atoms with Crippen molar-refractivity contribution >= 4 is 0 Å². The lowest BCUT2D eigenvalue weighted by atomic mass is 10.2. The first kappa shape index (κ1) is 27.3. The van der Waals surface area contributed by atoms with Crippen LogP contribution < -0.4 is 23.7 Å². The number of para-hydroxylation sites is 8. The van der Waals surface area contributed by atoms with E-state index >= 15 is 0 Å². The van der Waals surface area contributed by atoms with E-state index in [1.807, 2.05) is 97.1 Å². The second kappa shape index (κ2) is 14.8. The summed E-state index contributed by atoms with van der Waals surface area (Å²) in [6.45, 7) is 3.46. The molecule has 0 bridgehead atoms. The van der Waals surface area contributed by atoms with Gasteiger partial charge in [-0.1, -0.05) is 48.5 Å². The van der Waals surface area contributed by atoms with E-state index in [4.69, 9.17) is 37.9 Å². The Morgan fingerprint density at radius 1 is 0.275 bits per heavy atom. The predicted molar refractivity (Wildman–Crippen MR) is 149 cm³/mol. The molecule has 0 radical (unpaired) electrons. The average Bonchev–Trinajstić information content (AvgIpc) is 2.98. The molecule has 5 rings (SSSR count). The van der Waals surface area contributed by atoms with Crippen LogP contribution in [0.4, 0.5) is 0 Å². The zero-order valence-electron chi connectivity index (χ0n) is 22.2. The van der Waals surface area contributed by atoms with E-state index in [0.717, 1.165) is 0 Å². The Morgan fingerprint density at radius 3 is 0.800 bits per heavy atom. The van der Waals surface area contributed by atoms with Crippen LogP contribution in [-0.4, -0.2) is 52.9 Å². The van der Waals surface area contributed by atoms with Crippen LogP contribution in [0.1, 0.15) is 0 Å². The predicted octanol–water partition coefficient (Wildman–Crippen LogP) is 6.88. The largest absolute Gasteiger partial charge is 0.487 e. The summed E-state index contributed by atoms with van der Waals surface area (Å²) >= 11 is 0. The minimum absolute atomic E-state index is 0.369. The first-order chi connectivity index (χ1) is 19.9. The number of hydrogen-bond donors (Lipinski definition) is 0. The van der Waals surface area contributed by atoms with Gasteiger partial charge in [-0.15, -0.1) is 0 Å². The minimum Gasteiger partial charge on any atom is -0.487 e. The lowest BCUT2D eigenvalue weighted by Crippen LogP contribution is -2.14. The van der Waals surface area contributed by atoms with Crippen LogP contribution >= 0.6 is 0 Å². The molecule has 1 aliphatic heterocycles. The molecule has 4 aromatic rings. The molecule has 0 atom stereocenters. The highest BCUT2D eigenvalue weighted by molar-refractivity contribution is 5.52. The van der Waals surface area contributed by atoms with Crippen molar-refractivity contribution in [2.24, 2.45) is 0 Å². The number of ether oxygens (including phenoxy) is 8. The number of benzene rings is 4. The summed E-state index contributed by atoms with van der Waals surface area (Å²) in [4.78, 5) is 0. The van der Waals surface area contributed by atoms with Gasteiger partial charge in [-0.25, -0.2) is 0 Å². The minimum atomic E-state index is 0.369. The van der Waals surface area contributed by atoms with Gasteiger partial charge >= 0.3 is 0 Å². The van der Waals surface area contributed by atoms with Crippen LogP contribution in [0.3, 0.4) is 0 Å². The van der Waals surface area contributed by atoms with Crippen molar-refractivity contribution in [2.45, 2.75) is 0 Å². The van der Waals surface area contributed by atoms with E-state index in [1.165, 1.54) is 0 Å². The van der Waals surface area contributed by atoms with Crippen LogP contribution in [0.25, 0.3) is 0 Å². The standard InChI is InChI=1S/C32H32O8/c1-3-11-27-25(9-1)36-23-21-34-19-17-33-18-20-35-22-24-37-26-10-2-4-12-28(26)39-30-14-6-8-16-32(30)40-31-15-7-5-13-29(31)38-27/h1-16H,17-24H2. The van der Waals surface area contributed by atoms with Crippen molar-refractivity contribution in [2.75, 3.05) is 52.9 Å². The third-order valence-corrected chi connectivity index (χ3v) is 5.77. The quantitative estimate of drug-likeness (QED) is 0.237. The third-order valence-electron chi connectivity index (χ3n) is 5.77. The number of rotatable bonds is 0. The summed E-state index contributed by atoms with van der Waals surface area (Å²) in [5.74, 6) is 4.42. The van der Waals surface area contributed by atoms with Gasteiger partial charge in [0.05, 0.1) is 39.6 Å². The molecule has 0 amide bonds. The molecule has 4 aromatic carbocycles. The Balaban J connectivity index is 1.39. The highest BCUT2D eigenvalue weighted by Gasteiger charge is 2.15. The van der Waals surface area contributed by atoms with Crippen LogP contribution in [-0.2, 0) is 14.2 Å². The number of hydrogen-bond acceptors (Lipinski definition) is 8. The Labute approximate surface area is 233 Å². The molecule has 40 heavy (non-hydrogen) atoms. The van der Waals surface area contributed by atoms with Gasteiger partial charge in [0.15, 0.2) is 46.0 Å². The van der Waals surface area contributed by atoms with Crippen molar-refractivity contribution in [1.29, 1.82) is 0 Å². The van der Waals surface area contributed by atoms with Crippen molar-refractivity contribution in [3.05, 3.63) is 97.1 Å². The molecule has 1 heterocycles. The van der Waals surface area contributed by atoms with Crippen LogP contribution in [0.5, 0.6) is 46.0 Å². The molecule has 0 fully saturated rings. The molecule has 8 nitrogen and oxygen atoms in total. The van der Waals surface area contributed by atoms with Crippen molar-refractivity contribution in [3.63, 3.8) is 0 Å². The molecule has 0 aliphatic carbocycles. The SMILES string of the molecule is c1ccc2c(c1)OCCOCCOCCOCCOc1ccccc1Oc1ccccc1Oc1ccccc1O2. The first-order valence-electron chi connectivity index (χ1n) is 13.3. The summed E-state index contributed by atoms with van der Waals surface area (Å²) in [6.07, 6.45) is 0. The summed E-state index contributed by atoms with van der Waals surface area (Å²) in [5.41, 5.74) is 0. The first-order valence-corrected chi connectivity index (χ1v) is 13.3. The fourth-order valence-electron chi connectivity index (χ4n) is 3.86. The average molecular weight is 545 g/mol. The zero-order chi connectivity index (χ0) is 27.2. The van der Waals surface area contributed by atoms with Crippen LogP contribution in [0.15, 0.2) is 97.1 Å². The van der Waals surface area contributed by atoms with Crippen molar-refractivity contribution < 1.29 is 37.9 Å². The molecule has 0 N–H and O–H groups in total. The van der Waals surface area contributed by atoms with Gasteiger partial charge in [-0.2, -0.15) is 0 Å². The third kappa shape index (κ3) is 7.89. The summed E-state index contributed by atoms with van der Waals surface area (Å²) in [7, 11) is 0. The van der Waals surface area contributed by atoms with Crippen molar-refractivity contribution in [3.8, 4) is 46.0 Å². The Hall–Kier alpha value is -4.24. The van der Waals surface area contributed by atoms with Gasteiger partial charge in [-0.05, 0) is 48.5 Å². The van der Waals surface area contributed by atoms with E-state index < -0.39 is 0 Å². The highest BCUT2D eigenvalue weighted by atomic mass is 16.6. The Morgan fingerprint density at radius 2 is 0.500 bits per heavy atom. The van der Waals surface area contributed by atoms with E-state index in [9.17, 15) is 0 Å². The maximum Gasteiger partial charge on any atom is 0.170 e. The molecule has 1 aliphatic rings. The topological polar surface area (TPSA) is 73.8 Å². The maximum absolute atomic E-state index is 6.33. The van der Waals surface area contributed by atoms with Gasteiger partial charge in [-0.3, -0.25) is 0 Å². The van der Waals surface area contributed by atoms with Gasteiger partial charge in [0.2, 0.25) is 0 Å². The molecule has 0 spiro atoms. The van der Waals surface area contributed by atoms with E-state index in [-0.39, 0.29) is 0 Å².